The summed E-state index contributed by atoms with van der Waals surface area (Å²) in [5.74, 6) is -0.970. The molecule has 0 unspecified atom stereocenters. The van der Waals surface area contributed by atoms with E-state index in [0.717, 1.165) is 9.87 Å². The van der Waals surface area contributed by atoms with Gasteiger partial charge in [-0.15, -0.1) is 0 Å². The molecule has 0 fully saturated rings. The number of carbonyl (C=O) groups excluding carboxylic acids is 2. The number of carbonyl (C=O) groups is 2. The van der Waals surface area contributed by atoms with E-state index in [9.17, 15) is 28.1 Å². The van der Waals surface area contributed by atoms with Gasteiger partial charge in [-0.1, -0.05) is 91.6 Å². The third-order valence-electron chi connectivity index (χ3n) is 7.25. The molecule has 0 radical (unpaired) electrons. The normalized spacial score (nSPS) is 11.9. The zero-order chi connectivity index (χ0) is 34.1. The minimum atomic E-state index is -4.35. The number of anilines is 1. The highest BCUT2D eigenvalue weighted by molar-refractivity contribution is 7.92. The lowest BCUT2D eigenvalue weighted by Gasteiger charge is -2.34. The molecular weight excluding hydrogens is 663 g/mol. The number of benzene rings is 4. The van der Waals surface area contributed by atoms with Gasteiger partial charge in [0.05, 0.1) is 25.6 Å². The predicted molar refractivity (Wildman–Crippen MR) is 183 cm³/mol. The average molecular weight is 698 g/mol. The number of nitrogens with one attached hydrogen (secondary N) is 1. The summed E-state index contributed by atoms with van der Waals surface area (Å²) in [4.78, 5) is 40.3. The van der Waals surface area contributed by atoms with E-state index < -0.39 is 39.3 Å². The van der Waals surface area contributed by atoms with Crippen LogP contribution in [0.4, 0.5) is 11.4 Å². The van der Waals surface area contributed by atoms with Gasteiger partial charge in [0.25, 0.3) is 15.7 Å². The van der Waals surface area contributed by atoms with Gasteiger partial charge in [-0.2, -0.15) is 0 Å². The Labute approximate surface area is 284 Å². The fraction of sp³-hybridized carbons (Fsp3) is 0.235. The third kappa shape index (κ3) is 9.31. The van der Waals surface area contributed by atoms with Crippen molar-refractivity contribution in [3.05, 3.63) is 134 Å². The van der Waals surface area contributed by atoms with E-state index in [1.165, 1.54) is 41.3 Å². The molecule has 0 saturated heterocycles. The maximum atomic E-state index is 14.5. The Morgan fingerprint density at radius 3 is 2.04 bits per heavy atom. The van der Waals surface area contributed by atoms with E-state index in [2.05, 4.69) is 5.32 Å². The molecule has 0 aromatic heterocycles. The fourth-order valence-electron chi connectivity index (χ4n) is 4.80. The molecule has 0 heterocycles. The smallest absolute Gasteiger partial charge is 0.269 e. The molecule has 13 heteroatoms. The van der Waals surface area contributed by atoms with Crippen LogP contribution >= 0.6 is 23.2 Å². The SMILES string of the molecule is CC(C)CNC(=O)[C@@H](Cc1ccccc1)N(Cc1ccc(Cl)c(Cl)c1)C(=O)CN(c1ccc([N+](=O)[O-])cc1)S(=O)(=O)c1ccccc1. The van der Waals surface area contributed by atoms with Gasteiger partial charge in [-0.05, 0) is 53.4 Å². The van der Waals surface area contributed by atoms with Crippen molar-refractivity contribution in [1.29, 1.82) is 0 Å². The molecule has 47 heavy (non-hydrogen) atoms. The number of halogens is 2. The number of hydrogen-bond donors (Lipinski definition) is 1. The molecule has 0 aliphatic heterocycles. The van der Waals surface area contributed by atoms with Gasteiger partial charge in [-0.25, -0.2) is 8.42 Å². The van der Waals surface area contributed by atoms with E-state index in [1.54, 1.807) is 36.4 Å². The number of nitro benzene ring substituents is 1. The van der Waals surface area contributed by atoms with Gasteiger partial charge in [-0.3, -0.25) is 24.0 Å². The van der Waals surface area contributed by atoms with Crippen LogP contribution in [-0.2, 0) is 32.6 Å². The largest absolute Gasteiger partial charge is 0.354 e. The van der Waals surface area contributed by atoms with Gasteiger partial charge >= 0.3 is 0 Å². The van der Waals surface area contributed by atoms with Crippen LogP contribution in [0, 0.1) is 16.0 Å². The minimum Gasteiger partial charge on any atom is -0.354 e. The van der Waals surface area contributed by atoms with E-state index >= 15 is 0 Å². The summed E-state index contributed by atoms with van der Waals surface area (Å²) in [6.07, 6.45) is 0.140. The Balaban J connectivity index is 1.82. The number of amides is 2. The van der Waals surface area contributed by atoms with Crippen LogP contribution in [0.25, 0.3) is 0 Å². The van der Waals surface area contributed by atoms with Crippen molar-refractivity contribution < 1.29 is 22.9 Å². The van der Waals surface area contributed by atoms with Crippen LogP contribution in [0.2, 0.25) is 10.0 Å². The van der Waals surface area contributed by atoms with Gasteiger partial charge in [0.1, 0.15) is 12.6 Å². The Morgan fingerprint density at radius 1 is 0.851 bits per heavy atom. The van der Waals surface area contributed by atoms with Crippen molar-refractivity contribution in [2.75, 3.05) is 17.4 Å². The summed E-state index contributed by atoms with van der Waals surface area (Å²) in [5, 5.41) is 14.8. The summed E-state index contributed by atoms with van der Waals surface area (Å²) < 4.78 is 29.0. The highest BCUT2D eigenvalue weighted by Gasteiger charge is 2.35. The number of non-ortho nitro benzene ring substituents is 1. The van der Waals surface area contributed by atoms with Gasteiger partial charge < -0.3 is 10.2 Å². The Bertz CT molecular complexity index is 1810. The molecular formula is C34H34Cl2N4O6S. The second-order valence-corrected chi connectivity index (χ2v) is 13.9. The lowest BCUT2D eigenvalue weighted by atomic mass is 10.0. The first-order valence-electron chi connectivity index (χ1n) is 14.7. The lowest BCUT2D eigenvalue weighted by molar-refractivity contribution is -0.384. The molecule has 4 rings (SSSR count). The molecule has 0 aliphatic carbocycles. The molecule has 0 spiro atoms. The number of rotatable bonds is 14. The molecule has 2 amide bonds. The van der Waals surface area contributed by atoms with Crippen molar-refractivity contribution in [1.82, 2.24) is 10.2 Å². The molecule has 0 bridgehead atoms. The first-order valence-corrected chi connectivity index (χ1v) is 16.9. The third-order valence-corrected chi connectivity index (χ3v) is 9.78. The van der Waals surface area contributed by atoms with Crippen molar-refractivity contribution in [2.24, 2.45) is 5.92 Å². The summed E-state index contributed by atoms with van der Waals surface area (Å²) in [7, 11) is -4.35. The Kier molecular flexibility index (Phi) is 12.0. The first kappa shape index (κ1) is 35.4. The van der Waals surface area contributed by atoms with Crippen LogP contribution < -0.4 is 9.62 Å². The van der Waals surface area contributed by atoms with Crippen LogP contribution in [0.15, 0.2) is 108 Å². The summed E-state index contributed by atoms with van der Waals surface area (Å²) in [5.41, 5.74) is 1.14. The zero-order valence-electron chi connectivity index (χ0n) is 25.8. The summed E-state index contributed by atoms with van der Waals surface area (Å²) in [6, 6.07) is 25.4. The second-order valence-electron chi connectivity index (χ2n) is 11.2. The van der Waals surface area contributed by atoms with Crippen molar-refractivity contribution in [3.8, 4) is 0 Å². The topological polar surface area (TPSA) is 130 Å². The van der Waals surface area contributed by atoms with Crippen LogP contribution in [0.3, 0.4) is 0 Å². The van der Waals surface area contributed by atoms with Gasteiger partial charge in [0, 0.05) is 31.6 Å². The number of hydrogen-bond acceptors (Lipinski definition) is 6. The standard InChI is InChI=1S/C34H34Cl2N4O6S/c1-24(2)21-37-34(42)32(20-25-9-5-3-6-10-25)38(22-26-13-18-30(35)31(36)19-26)33(41)23-39(27-14-16-28(17-15-27)40(43)44)47(45,46)29-11-7-4-8-12-29/h3-19,24,32H,20-23H2,1-2H3,(H,37,42)/t32-/m1/s1. The quantitative estimate of drug-likeness (QED) is 0.118. The van der Waals surface area contributed by atoms with Gasteiger partial charge in [0.15, 0.2) is 0 Å². The fourth-order valence-corrected chi connectivity index (χ4v) is 6.56. The molecule has 4 aromatic carbocycles. The Hall–Kier alpha value is -4.45. The van der Waals surface area contributed by atoms with E-state index in [-0.39, 0.29) is 40.2 Å². The van der Waals surface area contributed by atoms with E-state index in [1.807, 2.05) is 44.2 Å². The minimum absolute atomic E-state index is 0.0335. The van der Waals surface area contributed by atoms with Crippen LogP contribution in [-0.4, -0.2) is 49.2 Å². The first-order chi connectivity index (χ1) is 22.4. The summed E-state index contributed by atoms with van der Waals surface area (Å²) in [6.45, 7) is 3.44. The molecule has 0 saturated carbocycles. The van der Waals surface area contributed by atoms with E-state index in [0.29, 0.717) is 17.1 Å². The van der Waals surface area contributed by atoms with Crippen LogP contribution in [0.5, 0.6) is 0 Å². The van der Waals surface area contributed by atoms with Crippen molar-refractivity contribution >= 4 is 56.4 Å². The summed E-state index contributed by atoms with van der Waals surface area (Å²) >= 11 is 12.5. The lowest BCUT2D eigenvalue weighted by Crippen LogP contribution is -2.53. The average Bonchev–Trinajstić information content (AvgIpc) is 3.06. The van der Waals surface area contributed by atoms with Crippen LogP contribution in [0.1, 0.15) is 25.0 Å². The van der Waals surface area contributed by atoms with Gasteiger partial charge in [0.2, 0.25) is 11.8 Å². The number of sulfonamides is 1. The molecule has 4 aromatic rings. The molecule has 10 nitrogen and oxygen atoms in total. The maximum absolute atomic E-state index is 14.5. The van der Waals surface area contributed by atoms with E-state index in [4.69, 9.17) is 23.2 Å². The van der Waals surface area contributed by atoms with Crippen molar-refractivity contribution in [2.45, 2.75) is 37.8 Å². The highest BCUT2D eigenvalue weighted by atomic mass is 35.5. The highest BCUT2D eigenvalue weighted by Crippen LogP contribution is 2.28. The number of nitrogens with zero attached hydrogens (tertiary/aromatic N) is 3. The maximum Gasteiger partial charge on any atom is 0.269 e. The van der Waals surface area contributed by atoms with Crippen molar-refractivity contribution in [3.63, 3.8) is 0 Å². The second kappa shape index (κ2) is 15.9. The molecule has 246 valence electrons. The zero-order valence-corrected chi connectivity index (χ0v) is 28.1. The monoisotopic (exact) mass is 696 g/mol. The predicted octanol–water partition coefficient (Wildman–Crippen LogP) is 6.51. The number of nitro groups is 1. The molecule has 1 N–H and O–H groups in total. The molecule has 0 aliphatic rings. The molecule has 1 atom stereocenters. The Morgan fingerprint density at radius 2 is 1.47 bits per heavy atom.